The Labute approximate surface area is 214 Å². The number of hydrogen-bond donors (Lipinski definition) is 0. The van der Waals surface area contributed by atoms with Gasteiger partial charge in [0.25, 0.3) is 0 Å². The maximum absolute atomic E-state index is 2.76. The summed E-state index contributed by atoms with van der Waals surface area (Å²) in [6, 6.07) is 0. The van der Waals surface area contributed by atoms with Crippen molar-refractivity contribution in [1.29, 1.82) is 0 Å². The molecule has 0 aliphatic heterocycles. The average molecular weight is 469 g/mol. The fourth-order valence-electron chi connectivity index (χ4n) is 11.6. The minimum atomic E-state index is 0.503. The predicted octanol–water partition coefficient (Wildman–Crippen LogP) is 10.8. The highest BCUT2D eigenvalue weighted by Crippen LogP contribution is 2.77. The Morgan fingerprint density at radius 1 is 0.559 bits per heavy atom. The first-order valence-corrected chi connectivity index (χ1v) is 16.1. The Bertz CT molecular complexity index is 677. The van der Waals surface area contributed by atoms with Gasteiger partial charge in [-0.1, -0.05) is 86.5 Å². The van der Waals surface area contributed by atoms with Crippen LogP contribution in [-0.4, -0.2) is 0 Å². The molecule has 0 spiro atoms. The molecule has 0 amide bonds. The van der Waals surface area contributed by atoms with Crippen LogP contribution in [0.5, 0.6) is 0 Å². The first-order valence-electron chi connectivity index (χ1n) is 16.1. The van der Waals surface area contributed by atoms with Crippen LogP contribution in [0.3, 0.4) is 0 Å². The Balaban J connectivity index is 1.59. The second kappa shape index (κ2) is 9.39. The van der Waals surface area contributed by atoms with E-state index in [0.29, 0.717) is 21.7 Å². The summed E-state index contributed by atoms with van der Waals surface area (Å²) in [5.74, 6) is 5.96. The zero-order valence-electron chi connectivity index (χ0n) is 24.2. The van der Waals surface area contributed by atoms with E-state index >= 15 is 0 Å². The molecule has 5 aliphatic carbocycles. The molecule has 0 heterocycles. The van der Waals surface area contributed by atoms with Crippen molar-refractivity contribution in [3.05, 3.63) is 0 Å². The monoisotopic (exact) mass is 468 g/mol. The molecule has 0 radical (unpaired) electrons. The van der Waals surface area contributed by atoms with Crippen molar-refractivity contribution >= 4 is 0 Å². The highest BCUT2D eigenvalue weighted by Gasteiger charge is 2.69. The van der Waals surface area contributed by atoms with Crippen LogP contribution in [0.4, 0.5) is 0 Å². The summed E-state index contributed by atoms with van der Waals surface area (Å²) < 4.78 is 0. The molecule has 0 aromatic carbocycles. The second-order valence-corrected chi connectivity index (χ2v) is 16.0. The van der Waals surface area contributed by atoms with E-state index in [1.807, 2.05) is 0 Å². The largest absolute Gasteiger partial charge is 0.0625 e. The van der Waals surface area contributed by atoms with Crippen LogP contribution >= 0.6 is 0 Å². The zero-order chi connectivity index (χ0) is 24.2. The van der Waals surface area contributed by atoms with Gasteiger partial charge in [-0.3, -0.25) is 0 Å². The van der Waals surface area contributed by atoms with Crippen molar-refractivity contribution in [3.63, 3.8) is 0 Å². The first kappa shape index (κ1) is 25.6. The van der Waals surface area contributed by atoms with E-state index in [0.717, 1.165) is 35.5 Å². The van der Waals surface area contributed by atoms with Gasteiger partial charge in [-0.15, -0.1) is 0 Å². The van der Waals surface area contributed by atoms with Gasteiger partial charge in [-0.2, -0.15) is 0 Å². The minimum Gasteiger partial charge on any atom is -0.0625 e. The van der Waals surface area contributed by atoms with Gasteiger partial charge in [0.05, 0.1) is 0 Å². The van der Waals surface area contributed by atoms with E-state index in [9.17, 15) is 0 Å². The quantitative estimate of drug-likeness (QED) is 0.385. The standard InChI is InChI=1S/C34H60/c1-25-18-22-32(23-19-25,29-14-12-28(13-15-29)31(4,5)6)33(20-9-10-26(2)24-33)34(30-16-17-30)21-8-7-11-27(34)3/h25-30H,7-24H2,1-6H3. The molecule has 0 saturated heterocycles. The molecule has 5 fully saturated rings. The van der Waals surface area contributed by atoms with Crippen LogP contribution in [0.1, 0.15) is 157 Å². The molecule has 0 aromatic rings. The highest BCUT2D eigenvalue weighted by atomic mass is 14.7. The molecule has 0 heteroatoms. The van der Waals surface area contributed by atoms with Crippen LogP contribution in [0.2, 0.25) is 0 Å². The Hall–Kier alpha value is 0. The van der Waals surface area contributed by atoms with Gasteiger partial charge in [0, 0.05) is 0 Å². The van der Waals surface area contributed by atoms with Gasteiger partial charge in [0.1, 0.15) is 0 Å². The summed E-state index contributed by atoms with van der Waals surface area (Å²) in [7, 11) is 0. The first-order chi connectivity index (χ1) is 16.1. The molecule has 4 unspecified atom stereocenters. The van der Waals surface area contributed by atoms with Crippen molar-refractivity contribution in [3.8, 4) is 0 Å². The SMILES string of the molecule is CC1CCC(C2CCC(C(C)(C)C)CC2)(C2(C3(C4CC4)CCCCC3C)CCCC(C)C2)CC1. The fourth-order valence-corrected chi connectivity index (χ4v) is 11.6. The van der Waals surface area contributed by atoms with Crippen molar-refractivity contribution < 1.29 is 0 Å². The maximum atomic E-state index is 2.76. The van der Waals surface area contributed by atoms with Gasteiger partial charge < -0.3 is 0 Å². The third kappa shape index (κ3) is 4.06. The van der Waals surface area contributed by atoms with E-state index in [2.05, 4.69) is 41.5 Å². The van der Waals surface area contributed by atoms with Crippen molar-refractivity contribution in [2.45, 2.75) is 157 Å². The third-order valence-corrected chi connectivity index (χ3v) is 13.4. The fraction of sp³-hybridized carbons (Fsp3) is 1.00. The van der Waals surface area contributed by atoms with Crippen LogP contribution in [0, 0.1) is 57.2 Å². The van der Waals surface area contributed by atoms with E-state index in [-0.39, 0.29) is 0 Å². The van der Waals surface area contributed by atoms with Crippen molar-refractivity contribution in [2.75, 3.05) is 0 Å². The molecule has 0 bridgehead atoms. The second-order valence-electron chi connectivity index (χ2n) is 16.0. The lowest BCUT2D eigenvalue weighted by Crippen LogP contribution is -2.63. The van der Waals surface area contributed by atoms with Crippen LogP contribution < -0.4 is 0 Å². The van der Waals surface area contributed by atoms with Crippen LogP contribution in [-0.2, 0) is 0 Å². The van der Waals surface area contributed by atoms with Crippen molar-refractivity contribution in [2.24, 2.45) is 57.2 Å². The normalized spacial score (nSPS) is 49.1. The lowest BCUT2D eigenvalue weighted by atomic mass is 9.34. The summed E-state index contributed by atoms with van der Waals surface area (Å²) in [4.78, 5) is 0. The number of hydrogen-bond acceptors (Lipinski definition) is 0. The highest BCUT2D eigenvalue weighted by molar-refractivity contribution is 5.18. The number of rotatable bonds is 4. The van der Waals surface area contributed by atoms with Crippen molar-refractivity contribution in [1.82, 2.24) is 0 Å². The predicted molar refractivity (Wildman–Crippen MR) is 148 cm³/mol. The molecule has 4 atom stereocenters. The van der Waals surface area contributed by atoms with Gasteiger partial charge in [0.15, 0.2) is 0 Å². The molecule has 5 aliphatic rings. The minimum absolute atomic E-state index is 0.503. The summed E-state index contributed by atoms with van der Waals surface area (Å²) in [5, 5.41) is 0. The Morgan fingerprint density at radius 3 is 1.76 bits per heavy atom. The molecular weight excluding hydrogens is 408 g/mol. The Kier molecular flexibility index (Phi) is 7.08. The van der Waals surface area contributed by atoms with Gasteiger partial charge in [-0.25, -0.2) is 0 Å². The smallest absolute Gasteiger partial charge is 0.0174 e. The van der Waals surface area contributed by atoms with E-state index in [1.54, 1.807) is 64.2 Å². The lowest BCUT2D eigenvalue weighted by Gasteiger charge is -2.70. The molecule has 5 saturated carbocycles. The summed E-state index contributed by atoms with van der Waals surface area (Å²) in [5.41, 5.74) is 2.49. The molecule has 0 N–H and O–H groups in total. The Morgan fingerprint density at radius 2 is 1.21 bits per heavy atom. The van der Waals surface area contributed by atoms with E-state index < -0.39 is 0 Å². The summed E-state index contributed by atoms with van der Waals surface area (Å²) >= 11 is 0. The van der Waals surface area contributed by atoms with E-state index in [4.69, 9.17) is 0 Å². The maximum Gasteiger partial charge on any atom is -0.0174 e. The third-order valence-electron chi connectivity index (χ3n) is 13.4. The van der Waals surface area contributed by atoms with Gasteiger partial charge >= 0.3 is 0 Å². The van der Waals surface area contributed by atoms with Gasteiger partial charge in [-0.05, 0) is 128 Å². The summed E-state index contributed by atoms with van der Waals surface area (Å²) in [6.45, 7) is 15.6. The zero-order valence-corrected chi connectivity index (χ0v) is 24.2. The van der Waals surface area contributed by atoms with Crippen LogP contribution in [0.15, 0.2) is 0 Å². The molecule has 5 rings (SSSR count). The van der Waals surface area contributed by atoms with Crippen LogP contribution in [0.25, 0.3) is 0 Å². The van der Waals surface area contributed by atoms with Gasteiger partial charge in [0.2, 0.25) is 0 Å². The average Bonchev–Trinajstić information content (AvgIpc) is 3.65. The molecule has 0 nitrogen and oxygen atoms in total. The molecule has 34 heavy (non-hydrogen) atoms. The summed E-state index contributed by atoms with van der Waals surface area (Å²) in [6.07, 6.45) is 28.0. The molecule has 0 aromatic heterocycles. The topological polar surface area (TPSA) is 0 Å². The molecule has 196 valence electrons. The lowest BCUT2D eigenvalue weighted by molar-refractivity contribution is -0.218. The van der Waals surface area contributed by atoms with E-state index in [1.165, 1.54) is 51.4 Å². The molecular formula is C34H60.